The van der Waals surface area contributed by atoms with Gasteiger partial charge in [0.05, 0.1) is 5.71 Å². The molecule has 7 N–H and O–H groups in total. The fourth-order valence-electron chi connectivity index (χ4n) is 1.35. The van der Waals surface area contributed by atoms with Crippen LogP contribution >= 0.6 is 24.4 Å². The molecule has 21 heavy (non-hydrogen) atoms. The molecule has 1 rings (SSSR count). The number of nitrogens with two attached hydrogens (primary N) is 2. The lowest BCUT2D eigenvalue weighted by Crippen LogP contribution is -2.31. The van der Waals surface area contributed by atoms with E-state index in [4.69, 9.17) is 35.9 Å². The maximum Gasteiger partial charge on any atom is 0.186 e. The third kappa shape index (κ3) is 5.71. The molecule has 1 aromatic carbocycles. The van der Waals surface area contributed by atoms with E-state index in [-0.39, 0.29) is 5.11 Å². The van der Waals surface area contributed by atoms with E-state index in [0.29, 0.717) is 22.2 Å². The largest absolute Gasteiger partial charge is 0.399 e. The summed E-state index contributed by atoms with van der Waals surface area (Å²) in [7, 11) is 1.70. The number of nitrogens with zero attached hydrogens (tertiary/aromatic N) is 2. The molecule has 0 aliphatic heterocycles. The van der Waals surface area contributed by atoms with Crippen LogP contribution in [0.4, 0.5) is 5.69 Å². The summed E-state index contributed by atoms with van der Waals surface area (Å²) in [5.41, 5.74) is 18.9. The maximum atomic E-state index is 5.68. The molecule has 0 atom stereocenters. The van der Waals surface area contributed by atoms with Crippen molar-refractivity contribution in [2.75, 3.05) is 12.8 Å². The Morgan fingerprint density at radius 3 is 2.24 bits per heavy atom. The SMILES string of the molecule is CNC(=S)N/N=C(/C(C)=N/NC(N)=S)c1ccc(N)cc1. The number of thiocarbonyl (C=S) groups is 2. The van der Waals surface area contributed by atoms with Crippen molar-refractivity contribution in [3.05, 3.63) is 29.8 Å². The Kier molecular flexibility index (Phi) is 6.50. The van der Waals surface area contributed by atoms with Crippen LogP contribution in [0.15, 0.2) is 34.5 Å². The summed E-state index contributed by atoms with van der Waals surface area (Å²) in [5.74, 6) is 0. The van der Waals surface area contributed by atoms with Crippen molar-refractivity contribution in [1.82, 2.24) is 16.2 Å². The molecule has 7 nitrogen and oxygen atoms in total. The van der Waals surface area contributed by atoms with E-state index >= 15 is 0 Å². The first-order valence-electron chi connectivity index (χ1n) is 5.95. The molecule has 0 amide bonds. The van der Waals surface area contributed by atoms with Gasteiger partial charge in [0.2, 0.25) is 0 Å². The summed E-state index contributed by atoms with van der Waals surface area (Å²) >= 11 is 9.71. The van der Waals surface area contributed by atoms with E-state index in [9.17, 15) is 0 Å². The van der Waals surface area contributed by atoms with Crippen LogP contribution in [-0.2, 0) is 0 Å². The number of nitrogen functional groups attached to an aromatic ring is 1. The quantitative estimate of drug-likeness (QED) is 0.234. The highest BCUT2D eigenvalue weighted by atomic mass is 32.1. The summed E-state index contributed by atoms with van der Waals surface area (Å²) in [6.45, 7) is 1.77. The van der Waals surface area contributed by atoms with Crippen molar-refractivity contribution in [2.24, 2.45) is 15.9 Å². The summed E-state index contributed by atoms with van der Waals surface area (Å²) in [6.07, 6.45) is 0. The number of nitrogens with one attached hydrogen (secondary N) is 3. The Bertz CT molecular complexity index is 578. The predicted molar refractivity (Wildman–Crippen MR) is 95.2 cm³/mol. The van der Waals surface area contributed by atoms with Gasteiger partial charge in [-0.1, -0.05) is 12.1 Å². The van der Waals surface area contributed by atoms with Crippen molar-refractivity contribution in [3.8, 4) is 0 Å². The van der Waals surface area contributed by atoms with E-state index in [1.165, 1.54) is 0 Å². The molecule has 0 aromatic heterocycles. The van der Waals surface area contributed by atoms with Crippen molar-refractivity contribution in [2.45, 2.75) is 6.92 Å². The first-order valence-corrected chi connectivity index (χ1v) is 6.77. The molecule has 0 heterocycles. The second kappa shape index (κ2) is 8.12. The Balaban J connectivity index is 3.10. The van der Waals surface area contributed by atoms with Gasteiger partial charge in [0, 0.05) is 18.3 Å². The molecule has 0 saturated carbocycles. The van der Waals surface area contributed by atoms with Gasteiger partial charge >= 0.3 is 0 Å². The second-order valence-electron chi connectivity index (χ2n) is 3.95. The van der Waals surface area contributed by atoms with Crippen LogP contribution in [0.3, 0.4) is 0 Å². The summed E-state index contributed by atoms with van der Waals surface area (Å²) < 4.78 is 0. The van der Waals surface area contributed by atoms with Gasteiger partial charge in [0.1, 0.15) is 5.71 Å². The second-order valence-corrected chi connectivity index (χ2v) is 4.79. The number of anilines is 1. The van der Waals surface area contributed by atoms with E-state index < -0.39 is 0 Å². The van der Waals surface area contributed by atoms with Gasteiger partial charge in [-0.2, -0.15) is 10.2 Å². The van der Waals surface area contributed by atoms with Crippen LogP contribution in [-0.4, -0.2) is 28.7 Å². The smallest absolute Gasteiger partial charge is 0.186 e. The first kappa shape index (κ1) is 16.8. The van der Waals surface area contributed by atoms with E-state index in [2.05, 4.69) is 26.4 Å². The minimum Gasteiger partial charge on any atom is -0.399 e. The van der Waals surface area contributed by atoms with Crippen LogP contribution in [0.2, 0.25) is 0 Å². The van der Waals surface area contributed by atoms with Gasteiger partial charge in [-0.25, -0.2) is 0 Å². The zero-order chi connectivity index (χ0) is 15.8. The monoisotopic (exact) mass is 323 g/mol. The van der Waals surface area contributed by atoms with Gasteiger partial charge in [-0.3, -0.25) is 10.9 Å². The Hall–Kier alpha value is -2.26. The van der Waals surface area contributed by atoms with Gasteiger partial charge < -0.3 is 16.8 Å². The Morgan fingerprint density at radius 2 is 1.71 bits per heavy atom. The molecule has 9 heteroatoms. The van der Waals surface area contributed by atoms with Gasteiger partial charge in [-0.05, 0) is 43.5 Å². The summed E-state index contributed by atoms with van der Waals surface area (Å²) in [5, 5.41) is 11.5. The zero-order valence-corrected chi connectivity index (χ0v) is 13.3. The molecule has 0 aliphatic rings. The van der Waals surface area contributed by atoms with Crippen molar-refractivity contribution in [1.29, 1.82) is 0 Å². The molecule has 0 unspecified atom stereocenters. The normalized spacial score (nSPS) is 11.7. The van der Waals surface area contributed by atoms with Crippen molar-refractivity contribution in [3.63, 3.8) is 0 Å². The van der Waals surface area contributed by atoms with Crippen molar-refractivity contribution >= 4 is 51.8 Å². The molecule has 1 aromatic rings. The van der Waals surface area contributed by atoms with Gasteiger partial charge in [-0.15, -0.1) is 0 Å². The average molecular weight is 323 g/mol. The third-order valence-corrected chi connectivity index (χ3v) is 2.74. The highest BCUT2D eigenvalue weighted by Crippen LogP contribution is 2.08. The fraction of sp³-hybridized carbons (Fsp3) is 0.167. The van der Waals surface area contributed by atoms with Crippen LogP contribution < -0.4 is 27.6 Å². The average Bonchev–Trinajstić information content (AvgIpc) is 2.46. The minimum atomic E-state index is 0.0738. The lowest BCUT2D eigenvalue weighted by Gasteiger charge is -2.09. The van der Waals surface area contributed by atoms with Gasteiger partial charge in [0.15, 0.2) is 10.2 Å². The molecular formula is C12H17N7S2. The topological polar surface area (TPSA) is 113 Å². The molecule has 0 saturated heterocycles. The summed E-state index contributed by atoms with van der Waals surface area (Å²) in [6, 6.07) is 7.21. The minimum absolute atomic E-state index is 0.0738. The maximum absolute atomic E-state index is 5.68. The van der Waals surface area contributed by atoms with Crippen LogP contribution in [0.25, 0.3) is 0 Å². The molecule has 0 radical (unpaired) electrons. The van der Waals surface area contributed by atoms with E-state index in [0.717, 1.165) is 5.56 Å². The number of benzene rings is 1. The molecular weight excluding hydrogens is 306 g/mol. The Morgan fingerprint density at radius 1 is 1.10 bits per heavy atom. The lowest BCUT2D eigenvalue weighted by atomic mass is 10.1. The van der Waals surface area contributed by atoms with Gasteiger partial charge in [0.25, 0.3) is 0 Å². The molecule has 112 valence electrons. The van der Waals surface area contributed by atoms with Crippen LogP contribution in [0.1, 0.15) is 12.5 Å². The number of rotatable bonds is 4. The number of hydrogen-bond acceptors (Lipinski definition) is 5. The number of hydrogen-bond donors (Lipinski definition) is 5. The predicted octanol–water partition coefficient (Wildman–Crippen LogP) is 0.276. The van der Waals surface area contributed by atoms with Crippen LogP contribution in [0, 0.1) is 0 Å². The molecule has 0 spiro atoms. The fourth-order valence-corrected chi connectivity index (χ4v) is 1.44. The van der Waals surface area contributed by atoms with Crippen molar-refractivity contribution < 1.29 is 0 Å². The molecule has 0 aliphatic carbocycles. The van der Waals surface area contributed by atoms with Crippen LogP contribution in [0.5, 0.6) is 0 Å². The molecule has 0 bridgehead atoms. The number of hydrazone groups is 2. The molecule has 0 fully saturated rings. The highest BCUT2D eigenvalue weighted by molar-refractivity contribution is 7.80. The zero-order valence-electron chi connectivity index (χ0n) is 11.7. The Labute approximate surface area is 133 Å². The van der Waals surface area contributed by atoms with E-state index in [1.54, 1.807) is 26.1 Å². The lowest BCUT2D eigenvalue weighted by molar-refractivity contribution is 0.975. The standard InChI is InChI=1S/C12H17N7S2/c1-7(16-18-11(14)20)10(17-19-12(21)15-2)8-3-5-9(13)6-4-8/h3-6H,13H2,1-2H3,(H3,14,18,20)(H2,15,19,21)/b16-7+,17-10-. The first-order chi connectivity index (χ1) is 9.93. The highest BCUT2D eigenvalue weighted by Gasteiger charge is 2.08. The van der Waals surface area contributed by atoms with E-state index in [1.807, 2.05) is 12.1 Å². The summed E-state index contributed by atoms with van der Waals surface area (Å²) in [4.78, 5) is 0. The third-order valence-electron chi connectivity index (χ3n) is 2.36.